The minimum absolute atomic E-state index is 0. The molecule has 0 unspecified atom stereocenters. The molecule has 1 heterocycles. The topological polar surface area (TPSA) is 30.5 Å². The van der Waals surface area contributed by atoms with Crippen LogP contribution < -0.4 is 10.1 Å². The predicted molar refractivity (Wildman–Crippen MR) is 103 cm³/mol. The van der Waals surface area contributed by atoms with Crippen LogP contribution in [-0.4, -0.2) is 25.3 Å². The van der Waals surface area contributed by atoms with E-state index >= 15 is 0 Å². The molecule has 3 nitrogen and oxygen atoms in total. The molecule has 27 heavy (non-hydrogen) atoms. The summed E-state index contributed by atoms with van der Waals surface area (Å²) < 4.78 is 39.3. The van der Waals surface area contributed by atoms with Gasteiger partial charge in [0.25, 0.3) is 0 Å². The molecule has 2 atom stereocenters. The monoisotopic (exact) mass is 395 g/mol. The summed E-state index contributed by atoms with van der Waals surface area (Å²) in [7, 11) is 0. The average molecular weight is 396 g/mol. The number of halogens is 3. The van der Waals surface area contributed by atoms with Crippen LogP contribution >= 0.6 is 12.4 Å². The van der Waals surface area contributed by atoms with Gasteiger partial charge >= 0.3 is 0 Å². The molecule has 2 aliphatic rings. The van der Waals surface area contributed by atoms with Gasteiger partial charge in [0, 0.05) is 42.8 Å². The Kier molecular flexibility index (Phi) is 6.68. The van der Waals surface area contributed by atoms with Crippen LogP contribution in [0, 0.1) is 11.6 Å². The zero-order chi connectivity index (χ0) is 17.9. The standard InChI is InChI=1S/C21H23F2NO2.ClH/c22-15-10-18(17-12-20(17)24-16-6-8-25-9-7-16)21(19(23)11-15)26-13-14-4-2-1-3-5-14;/h1-5,10-11,16-17,20,24H,6-9,12-13H2;1H/t17-,20+;/m0./s1. The minimum atomic E-state index is -0.632. The molecule has 1 aliphatic carbocycles. The van der Waals surface area contributed by atoms with Crippen LogP contribution in [0.2, 0.25) is 0 Å². The predicted octanol–water partition coefficient (Wildman–Crippen LogP) is 4.59. The highest BCUT2D eigenvalue weighted by Crippen LogP contribution is 2.46. The van der Waals surface area contributed by atoms with Crippen LogP contribution in [0.3, 0.4) is 0 Å². The fourth-order valence-corrected chi connectivity index (χ4v) is 3.63. The summed E-state index contributed by atoms with van der Waals surface area (Å²) in [6, 6.07) is 12.6. The summed E-state index contributed by atoms with van der Waals surface area (Å²) >= 11 is 0. The van der Waals surface area contributed by atoms with Crippen molar-refractivity contribution in [3.8, 4) is 5.75 Å². The van der Waals surface area contributed by atoms with Crippen molar-refractivity contribution < 1.29 is 18.3 Å². The quantitative estimate of drug-likeness (QED) is 0.776. The Hall–Kier alpha value is -1.69. The van der Waals surface area contributed by atoms with E-state index in [0.29, 0.717) is 11.6 Å². The number of nitrogens with one attached hydrogen (secondary N) is 1. The van der Waals surface area contributed by atoms with Crippen molar-refractivity contribution in [3.63, 3.8) is 0 Å². The molecule has 0 amide bonds. The Labute approximate surface area is 164 Å². The Bertz CT molecular complexity index is 753. The molecular weight excluding hydrogens is 372 g/mol. The summed E-state index contributed by atoms with van der Waals surface area (Å²) in [5.41, 5.74) is 1.58. The van der Waals surface area contributed by atoms with Gasteiger partial charge in [-0.05, 0) is 30.9 Å². The van der Waals surface area contributed by atoms with Gasteiger partial charge < -0.3 is 14.8 Å². The molecule has 0 radical (unpaired) electrons. The van der Waals surface area contributed by atoms with Crippen LogP contribution in [0.15, 0.2) is 42.5 Å². The molecule has 2 aromatic carbocycles. The molecule has 0 aromatic heterocycles. The van der Waals surface area contributed by atoms with Crippen molar-refractivity contribution in [3.05, 3.63) is 65.2 Å². The lowest BCUT2D eigenvalue weighted by atomic mass is 10.1. The molecule has 4 rings (SSSR count). The van der Waals surface area contributed by atoms with Crippen molar-refractivity contribution in [1.29, 1.82) is 0 Å². The normalized spacial score (nSPS) is 22.1. The molecule has 0 spiro atoms. The van der Waals surface area contributed by atoms with E-state index in [0.717, 1.165) is 44.1 Å². The molecule has 1 aliphatic heterocycles. The fraction of sp³-hybridized carbons (Fsp3) is 0.429. The highest BCUT2D eigenvalue weighted by molar-refractivity contribution is 5.85. The van der Waals surface area contributed by atoms with Crippen molar-refractivity contribution in [2.45, 2.75) is 43.9 Å². The second-order valence-corrected chi connectivity index (χ2v) is 7.08. The van der Waals surface area contributed by atoms with E-state index in [1.54, 1.807) is 0 Å². The molecule has 2 fully saturated rings. The van der Waals surface area contributed by atoms with Crippen LogP contribution in [0.1, 0.15) is 36.3 Å². The van der Waals surface area contributed by atoms with Gasteiger partial charge in [-0.3, -0.25) is 0 Å². The maximum atomic E-state index is 14.4. The molecular formula is C21H24ClF2NO2. The molecule has 1 saturated heterocycles. The van der Waals surface area contributed by atoms with Crippen molar-refractivity contribution in [2.24, 2.45) is 0 Å². The van der Waals surface area contributed by atoms with Crippen LogP contribution in [-0.2, 0) is 11.3 Å². The Morgan fingerprint density at radius 2 is 1.81 bits per heavy atom. The largest absolute Gasteiger partial charge is 0.486 e. The molecule has 0 bridgehead atoms. The zero-order valence-corrected chi connectivity index (χ0v) is 15.8. The van der Waals surface area contributed by atoms with Gasteiger partial charge in [-0.2, -0.15) is 0 Å². The van der Waals surface area contributed by atoms with Gasteiger partial charge in [0.15, 0.2) is 11.6 Å². The van der Waals surface area contributed by atoms with E-state index in [1.807, 2.05) is 30.3 Å². The van der Waals surface area contributed by atoms with Gasteiger partial charge in [-0.25, -0.2) is 8.78 Å². The van der Waals surface area contributed by atoms with Crippen LogP contribution in [0.4, 0.5) is 8.78 Å². The number of hydrogen-bond donors (Lipinski definition) is 1. The average Bonchev–Trinajstić information content (AvgIpc) is 3.41. The lowest BCUT2D eigenvalue weighted by Crippen LogP contribution is -2.36. The Morgan fingerprint density at radius 3 is 2.56 bits per heavy atom. The number of rotatable bonds is 6. The van der Waals surface area contributed by atoms with Crippen molar-refractivity contribution in [2.75, 3.05) is 13.2 Å². The first-order valence-corrected chi connectivity index (χ1v) is 9.20. The molecule has 1 N–H and O–H groups in total. The van der Waals surface area contributed by atoms with E-state index in [4.69, 9.17) is 9.47 Å². The van der Waals surface area contributed by atoms with E-state index in [-0.39, 0.29) is 36.7 Å². The lowest BCUT2D eigenvalue weighted by Gasteiger charge is -2.23. The zero-order valence-electron chi connectivity index (χ0n) is 15.0. The number of ether oxygens (including phenoxy) is 2. The number of hydrogen-bond acceptors (Lipinski definition) is 3. The van der Waals surface area contributed by atoms with Crippen molar-refractivity contribution >= 4 is 12.4 Å². The first-order valence-electron chi connectivity index (χ1n) is 9.20. The fourth-order valence-electron chi connectivity index (χ4n) is 3.63. The lowest BCUT2D eigenvalue weighted by molar-refractivity contribution is 0.0774. The first-order chi connectivity index (χ1) is 12.7. The highest BCUT2D eigenvalue weighted by Gasteiger charge is 2.42. The number of benzene rings is 2. The second-order valence-electron chi connectivity index (χ2n) is 7.08. The molecule has 2 aromatic rings. The third-order valence-electron chi connectivity index (χ3n) is 5.12. The maximum absolute atomic E-state index is 14.4. The summed E-state index contributed by atoms with van der Waals surface area (Å²) in [5.74, 6) is -0.917. The smallest absolute Gasteiger partial charge is 0.168 e. The summed E-state index contributed by atoms with van der Waals surface area (Å²) in [5, 5.41) is 3.60. The van der Waals surface area contributed by atoms with E-state index < -0.39 is 11.6 Å². The van der Waals surface area contributed by atoms with E-state index in [9.17, 15) is 8.78 Å². The van der Waals surface area contributed by atoms with E-state index in [1.165, 1.54) is 6.07 Å². The molecule has 1 saturated carbocycles. The summed E-state index contributed by atoms with van der Waals surface area (Å²) in [6.45, 7) is 1.81. The third-order valence-corrected chi connectivity index (χ3v) is 5.12. The van der Waals surface area contributed by atoms with Crippen molar-refractivity contribution in [1.82, 2.24) is 5.32 Å². The maximum Gasteiger partial charge on any atom is 0.168 e. The first kappa shape index (κ1) is 20.1. The second kappa shape index (κ2) is 9.00. The SMILES string of the molecule is Cl.Fc1cc(F)c(OCc2ccccc2)c([C@@H]2C[C@H]2NC2CCOCC2)c1. The van der Waals surface area contributed by atoms with E-state index in [2.05, 4.69) is 5.32 Å². The van der Waals surface area contributed by atoms with Gasteiger partial charge in [0.2, 0.25) is 0 Å². The van der Waals surface area contributed by atoms with Gasteiger partial charge in [-0.1, -0.05) is 30.3 Å². The Morgan fingerprint density at radius 1 is 1.07 bits per heavy atom. The summed E-state index contributed by atoms with van der Waals surface area (Å²) in [6.07, 6.45) is 2.85. The van der Waals surface area contributed by atoms with Gasteiger partial charge in [-0.15, -0.1) is 12.4 Å². The minimum Gasteiger partial charge on any atom is -0.486 e. The van der Waals surface area contributed by atoms with Crippen LogP contribution in [0.25, 0.3) is 0 Å². The summed E-state index contributed by atoms with van der Waals surface area (Å²) in [4.78, 5) is 0. The Balaban J connectivity index is 0.00000210. The highest BCUT2D eigenvalue weighted by atomic mass is 35.5. The van der Waals surface area contributed by atoms with Gasteiger partial charge in [0.1, 0.15) is 12.4 Å². The molecule has 146 valence electrons. The third kappa shape index (κ3) is 4.98. The van der Waals surface area contributed by atoms with Crippen LogP contribution in [0.5, 0.6) is 5.75 Å². The molecule has 6 heteroatoms. The van der Waals surface area contributed by atoms with Gasteiger partial charge in [0.05, 0.1) is 0 Å².